The molecule has 6 rings (SSSR count). The zero-order valence-electron chi connectivity index (χ0n) is 20.0. The molecule has 5 aromatic rings. The minimum atomic E-state index is 0.481. The van der Waals surface area contributed by atoms with Crippen molar-refractivity contribution < 1.29 is 0 Å². The van der Waals surface area contributed by atoms with Gasteiger partial charge >= 0.3 is 0 Å². The molecule has 1 aliphatic rings. The summed E-state index contributed by atoms with van der Waals surface area (Å²) in [6.07, 6.45) is 4.51. The van der Waals surface area contributed by atoms with Crippen LogP contribution in [-0.2, 0) is 13.5 Å². The second-order valence-electron chi connectivity index (χ2n) is 9.23. The largest absolute Gasteiger partial charge is 0.383 e. The predicted octanol–water partition coefficient (Wildman–Crippen LogP) is 3.47. The number of aryl methyl sites for hydroxylation is 2. The molecule has 0 saturated carbocycles. The van der Waals surface area contributed by atoms with Gasteiger partial charge in [-0.2, -0.15) is 0 Å². The number of nitrogen functional groups attached to an aromatic ring is 1. The molecule has 4 heterocycles. The molecule has 8 nitrogen and oxygen atoms in total. The Labute approximate surface area is 203 Å². The van der Waals surface area contributed by atoms with Crippen LogP contribution in [0.15, 0.2) is 55.0 Å². The van der Waals surface area contributed by atoms with E-state index >= 15 is 0 Å². The first-order chi connectivity index (χ1) is 17.0. The van der Waals surface area contributed by atoms with Gasteiger partial charge < -0.3 is 20.5 Å². The minimum absolute atomic E-state index is 0.481. The summed E-state index contributed by atoms with van der Waals surface area (Å²) < 4.78 is 2.04. The van der Waals surface area contributed by atoms with Gasteiger partial charge in [-0.15, -0.1) is 0 Å². The first kappa shape index (κ1) is 21.5. The van der Waals surface area contributed by atoms with Crippen molar-refractivity contribution in [2.45, 2.75) is 13.3 Å². The Balaban J connectivity index is 1.28. The number of rotatable bonds is 4. The Morgan fingerprint density at radius 3 is 2.66 bits per heavy atom. The topological polar surface area (TPSA) is 97.8 Å². The van der Waals surface area contributed by atoms with Crippen LogP contribution in [0.4, 0.5) is 11.6 Å². The van der Waals surface area contributed by atoms with Gasteiger partial charge in [0.15, 0.2) is 5.82 Å². The normalized spacial score (nSPS) is 14.2. The van der Waals surface area contributed by atoms with Gasteiger partial charge in [0.2, 0.25) is 0 Å². The zero-order chi connectivity index (χ0) is 23.9. The molecule has 0 atom stereocenters. The summed E-state index contributed by atoms with van der Waals surface area (Å²) >= 11 is 0. The van der Waals surface area contributed by atoms with Crippen LogP contribution in [0, 0.1) is 6.92 Å². The average Bonchev–Trinajstić information content (AvgIpc) is 3.25. The summed E-state index contributed by atoms with van der Waals surface area (Å²) in [4.78, 5) is 20.8. The Morgan fingerprint density at radius 1 is 0.971 bits per heavy atom. The maximum atomic E-state index is 6.39. The number of aromatic nitrogens is 5. The smallest absolute Gasteiger partial charge is 0.162 e. The molecule has 1 aliphatic heterocycles. The first-order valence-electron chi connectivity index (χ1n) is 11.9. The van der Waals surface area contributed by atoms with Crippen molar-refractivity contribution in [1.29, 1.82) is 0 Å². The van der Waals surface area contributed by atoms with E-state index in [9.17, 15) is 0 Å². The van der Waals surface area contributed by atoms with E-state index in [2.05, 4.69) is 68.5 Å². The lowest BCUT2D eigenvalue weighted by atomic mass is 9.98. The highest BCUT2D eigenvalue weighted by atomic mass is 15.2. The van der Waals surface area contributed by atoms with E-state index in [-0.39, 0.29) is 0 Å². The fourth-order valence-electron chi connectivity index (χ4n) is 4.79. The van der Waals surface area contributed by atoms with Crippen LogP contribution in [0.2, 0.25) is 0 Å². The summed E-state index contributed by atoms with van der Waals surface area (Å²) in [5, 5.41) is 4.21. The number of piperazine rings is 1. The highest BCUT2D eigenvalue weighted by molar-refractivity contribution is 5.91. The number of nitrogens with zero attached hydrogens (tertiary/aromatic N) is 6. The standard InChI is InChI=1S/C27H28N8/c1-17-11-20(5-4-19(17)12-18-3-6-24-22(13-18)31-16-34(24)2)27-32-23-15-30-25(14-21(23)26(28)33-27)35-9-7-29-8-10-35/h3-6,11,13-16,29H,7-10,12H2,1-2H3,(H2,28,32,33). The van der Waals surface area contributed by atoms with Gasteiger partial charge in [-0.25, -0.2) is 19.9 Å². The lowest BCUT2D eigenvalue weighted by Gasteiger charge is -2.28. The minimum Gasteiger partial charge on any atom is -0.383 e. The molecule has 8 heteroatoms. The Bertz CT molecular complexity index is 1550. The molecule has 0 bridgehead atoms. The Kier molecular flexibility index (Phi) is 5.30. The van der Waals surface area contributed by atoms with Crippen LogP contribution < -0.4 is 16.0 Å². The van der Waals surface area contributed by atoms with Crippen molar-refractivity contribution in [3.05, 3.63) is 71.7 Å². The van der Waals surface area contributed by atoms with E-state index in [0.717, 1.165) is 65.9 Å². The predicted molar refractivity (Wildman–Crippen MR) is 141 cm³/mol. The molecule has 0 aliphatic carbocycles. The number of nitrogens with two attached hydrogens (primary N) is 1. The van der Waals surface area contributed by atoms with Crippen molar-refractivity contribution in [1.82, 2.24) is 29.8 Å². The van der Waals surface area contributed by atoms with Crippen molar-refractivity contribution in [3.8, 4) is 11.4 Å². The molecule has 1 fully saturated rings. The third-order valence-corrected chi connectivity index (χ3v) is 6.82. The van der Waals surface area contributed by atoms with Crippen LogP contribution in [-0.4, -0.2) is 50.7 Å². The summed E-state index contributed by atoms with van der Waals surface area (Å²) in [5.74, 6) is 2.02. The number of hydrogen-bond acceptors (Lipinski definition) is 7. The van der Waals surface area contributed by atoms with Gasteiger partial charge in [0, 0.05) is 44.2 Å². The van der Waals surface area contributed by atoms with E-state index < -0.39 is 0 Å². The number of imidazole rings is 1. The van der Waals surface area contributed by atoms with Gasteiger partial charge in [0.1, 0.15) is 11.6 Å². The highest BCUT2D eigenvalue weighted by Crippen LogP contribution is 2.28. The molecular weight excluding hydrogens is 436 g/mol. The van der Waals surface area contributed by atoms with Gasteiger partial charge in [-0.1, -0.05) is 18.2 Å². The third-order valence-electron chi connectivity index (χ3n) is 6.82. The highest BCUT2D eigenvalue weighted by Gasteiger charge is 2.15. The second kappa shape index (κ2) is 8.63. The Hall–Kier alpha value is -4.04. The van der Waals surface area contributed by atoms with Gasteiger partial charge in [-0.05, 0) is 54.3 Å². The maximum absolute atomic E-state index is 6.39. The summed E-state index contributed by atoms with van der Waals surface area (Å²) in [6.45, 7) is 5.90. The van der Waals surface area contributed by atoms with Crippen LogP contribution in [0.3, 0.4) is 0 Å². The number of fused-ring (bicyclic) bond motifs is 2. The summed E-state index contributed by atoms with van der Waals surface area (Å²) in [5.41, 5.74) is 14.0. The second-order valence-corrected chi connectivity index (χ2v) is 9.23. The summed E-state index contributed by atoms with van der Waals surface area (Å²) in [7, 11) is 2.01. The molecule has 0 spiro atoms. The van der Waals surface area contributed by atoms with Crippen molar-refractivity contribution >= 4 is 33.6 Å². The molecule has 176 valence electrons. The van der Waals surface area contributed by atoms with Crippen LogP contribution in [0.5, 0.6) is 0 Å². The molecule has 1 saturated heterocycles. The molecule has 35 heavy (non-hydrogen) atoms. The van der Waals surface area contributed by atoms with Gasteiger partial charge in [0.05, 0.1) is 29.1 Å². The molecular formula is C27H28N8. The molecule has 2 aromatic carbocycles. The van der Waals surface area contributed by atoms with Crippen molar-refractivity contribution in [2.75, 3.05) is 36.8 Å². The van der Waals surface area contributed by atoms with Crippen molar-refractivity contribution in [2.24, 2.45) is 7.05 Å². The molecule has 0 unspecified atom stereocenters. The SMILES string of the molecule is Cc1cc(-c2nc(N)c3cc(N4CCNCC4)ncc3n2)ccc1Cc1ccc2c(c1)ncn2C. The fraction of sp³-hybridized carbons (Fsp3) is 0.259. The first-order valence-corrected chi connectivity index (χ1v) is 11.9. The van der Waals surface area contributed by atoms with Crippen LogP contribution in [0.1, 0.15) is 16.7 Å². The van der Waals surface area contributed by atoms with E-state index in [1.165, 1.54) is 16.7 Å². The van der Waals surface area contributed by atoms with E-state index in [0.29, 0.717) is 11.6 Å². The number of hydrogen-bond donors (Lipinski definition) is 2. The fourth-order valence-corrected chi connectivity index (χ4v) is 4.79. The van der Waals surface area contributed by atoms with E-state index in [1.807, 2.05) is 30.2 Å². The maximum Gasteiger partial charge on any atom is 0.162 e. The van der Waals surface area contributed by atoms with E-state index in [4.69, 9.17) is 10.7 Å². The quantitative estimate of drug-likeness (QED) is 0.420. The third kappa shape index (κ3) is 4.06. The van der Waals surface area contributed by atoms with Crippen LogP contribution >= 0.6 is 0 Å². The number of nitrogens with one attached hydrogen (secondary N) is 1. The monoisotopic (exact) mass is 464 g/mol. The molecule has 3 aromatic heterocycles. The molecule has 0 amide bonds. The lowest BCUT2D eigenvalue weighted by Crippen LogP contribution is -2.43. The molecule has 0 radical (unpaired) electrons. The Morgan fingerprint density at radius 2 is 1.83 bits per heavy atom. The van der Waals surface area contributed by atoms with Gasteiger partial charge in [0.25, 0.3) is 0 Å². The average molecular weight is 465 g/mol. The number of anilines is 2. The lowest BCUT2D eigenvalue weighted by molar-refractivity contribution is 0.585. The van der Waals surface area contributed by atoms with E-state index in [1.54, 1.807) is 0 Å². The van der Waals surface area contributed by atoms with Crippen molar-refractivity contribution in [3.63, 3.8) is 0 Å². The van der Waals surface area contributed by atoms with Crippen LogP contribution in [0.25, 0.3) is 33.3 Å². The number of benzene rings is 2. The number of pyridine rings is 1. The molecule has 3 N–H and O–H groups in total. The van der Waals surface area contributed by atoms with Gasteiger partial charge in [-0.3, -0.25) is 0 Å². The zero-order valence-corrected chi connectivity index (χ0v) is 20.0. The summed E-state index contributed by atoms with van der Waals surface area (Å²) in [6, 6.07) is 14.8.